The molecule has 0 bridgehead atoms. The van der Waals surface area contributed by atoms with Crippen molar-refractivity contribution >= 4 is 23.5 Å². The zero-order valence-corrected chi connectivity index (χ0v) is 18.4. The van der Waals surface area contributed by atoms with E-state index in [1.165, 1.54) is 25.1 Å². The van der Waals surface area contributed by atoms with Crippen molar-refractivity contribution in [1.29, 1.82) is 0 Å². The molecule has 1 rings (SSSR count). The number of hydrogen-bond donors (Lipinski definition) is 3. The minimum absolute atomic E-state index is 0.131. The SMILES string of the molecule is CCC[N+](C)(C)C.O=C(O)CCCCCCCNC(=O)c1ccc(Cl)cc1O. The summed E-state index contributed by atoms with van der Waals surface area (Å²) in [6.45, 7) is 4.02. The Kier molecular flexibility index (Phi) is 13.3. The number of carboxylic acids is 1. The fourth-order valence-corrected chi connectivity index (χ4v) is 2.76. The number of phenols is 1. The molecule has 0 spiro atoms. The van der Waals surface area contributed by atoms with Gasteiger partial charge in [-0.15, -0.1) is 0 Å². The van der Waals surface area contributed by atoms with Gasteiger partial charge in [0.15, 0.2) is 0 Å². The average molecular weight is 416 g/mol. The predicted molar refractivity (Wildman–Crippen MR) is 114 cm³/mol. The van der Waals surface area contributed by atoms with Crippen LogP contribution in [0.25, 0.3) is 0 Å². The van der Waals surface area contributed by atoms with Crippen LogP contribution in [-0.2, 0) is 4.79 Å². The fraction of sp³-hybridized carbons (Fsp3) is 0.619. The van der Waals surface area contributed by atoms with Crippen molar-refractivity contribution in [2.75, 3.05) is 34.2 Å². The Balaban J connectivity index is 0.000000887. The Labute approximate surface area is 174 Å². The maximum atomic E-state index is 11.8. The zero-order chi connectivity index (χ0) is 21.6. The lowest BCUT2D eigenvalue weighted by Crippen LogP contribution is -2.34. The first-order valence-corrected chi connectivity index (χ1v) is 10.2. The second-order valence-corrected chi connectivity index (χ2v) is 8.28. The van der Waals surface area contributed by atoms with E-state index in [2.05, 4.69) is 33.4 Å². The number of nitrogens with zero attached hydrogens (tertiary/aromatic N) is 1. The van der Waals surface area contributed by atoms with Gasteiger partial charge in [0, 0.05) is 18.0 Å². The molecule has 0 radical (unpaired) electrons. The van der Waals surface area contributed by atoms with Crippen molar-refractivity contribution in [1.82, 2.24) is 5.32 Å². The predicted octanol–water partition coefficient (Wildman–Crippen LogP) is 4.30. The first-order valence-electron chi connectivity index (χ1n) is 9.85. The van der Waals surface area contributed by atoms with Gasteiger partial charge in [0.05, 0.1) is 33.3 Å². The molecule has 0 unspecified atom stereocenters. The third-order valence-corrected chi connectivity index (χ3v) is 4.19. The summed E-state index contributed by atoms with van der Waals surface area (Å²) in [5.74, 6) is -1.21. The number of amides is 1. The lowest BCUT2D eigenvalue weighted by Gasteiger charge is -2.22. The molecule has 7 heteroatoms. The van der Waals surface area contributed by atoms with Gasteiger partial charge in [-0.1, -0.05) is 37.8 Å². The molecule has 160 valence electrons. The van der Waals surface area contributed by atoms with Gasteiger partial charge in [0.25, 0.3) is 5.91 Å². The van der Waals surface area contributed by atoms with Crippen LogP contribution in [0, 0.1) is 0 Å². The van der Waals surface area contributed by atoms with E-state index >= 15 is 0 Å². The van der Waals surface area contributed by atoms with Crippen molar-refractivity contribution < 1.29 is 24.3 Å². The van der Waals surface area contributed by atoms with Gasteiger partial charge >= 0.3 is 5.97 Å². The van der Waals surface area contributed by atoms with Crippen molar-refractivity contribution in [2.24, 2.45) is 0 Å². The zero-order valence-electron chi connectivity index (χ0n) is 17.6. The molecular weight excluding hydrogens is 380 g/mol. The minimum Gasteiger partial charge on any atom is -0.507 e. The van der Waals surface area contributed by atoms with Gasteiger partial charge in [-0.25, -0.2) is 0 Å². The Morgan fingerprint density at radius 2 is 1.68 bits per heavy atom. The number of nitrogens with one attached hydrogen (secondary N) is 1. The average Bonchev–Trinajstić information content (AvgIpc) is 2.56. The molecule has 0 heterocycles. The van der Waals surface area contributed by atoms with E-state index in [1.54, 1.807) is 6.07 Å². The summed E-state index contributed by atoms with van der Waals surface area (Å²) in [5.41, 5.74) is 0.209. The highest BCUT2D eigenvalue weighted by molar-refractivity contribution is 6.30. The van der Waals surface area contributed by atoms with Crippen molar-refractivity contribution in [3.8, 4) is 5.75 Å². The van der Waals surface area contributed by atoms with Crippen LogP contribution >= 0.6 is 11.6 Å². The lowest BCUT2D eigenvalue weighted by molar-refractivity contribution is -0.870. The van der Waals surface area contributed by atoms with Crippen LogP contribution in [0.5, 0.6) is 5.75 Å². The van der Waals surface area contributed by atoms with Gasteiger partial charge in [-0.05, 0) is 37.5 Å². The van der Waals surface area contributed by atoms with Crippen molar-refractivity contribution in [3.05, 3.63) is 28.8 Å². The van der Waals surface area contributed by atoms with Crippen LogP contribution in [0.15, 0.2) is 18.2 Å². The standard InChI is InChI=1S/C15H20ClNO4.C6H16N/c16-11-7-8-12(13(18)10-11)15(21)17-9-5-3-1-2-4-6-14(19)20;1-5-6-7(2,3)4/h7-8,10,18H,1-6,9H2,(H,17,21)(H,19,20);5-6H2,1-4H3/q;+1. The Hall–Kier alpha value is -1.79. The molecule has 0 aromatic heterocycles. The van der Waals surface area contributed by atoms with Crippen LogP contribution in [-0.4, -0.2) is 60.8 Å². The quantitative estimate of drug-likeness (QED) is 0.371. The van der Waals surface area contributed by atoms with E-state index in [1.807, 2.05) is 0 Å². The molecule has 1 amide bonds. The van der Waals surface area contributed by atoms with Crippen LogP contribution in [0.3, 0.4) is 0 Å². The van der Waals surface area contributed by atoms with Gasteiger partial charge < -0.3 is 20.0 Å². The second-order valence-electron chi connectivity index (χ2n) is 7.84. The van der Waals surface area contributed by atoms with E-state index in [0.29, 0.717) is 18.0 Å². The molecule has 0 aliphatic rings. The third kappa shape index (κ3) is 14.3. The first-order chi connectivity index (χ1) is 13.1. The van der Waals surface area contributed by atoms with Crippen molar-refractivity contribution in [2.45, 2.75) is 51.9 Å². The molecule has 28 heavy (non-hydrogen) atoms. The Morgan fingerprint density at radius 1 is 1.07 bits per heavy atom. The van der Waals surface area contributed by atoms with Crippen LogP contribution in [0.1, 0.15) is 62.2 Å². The smallest absolute Gasteiger partial charge is 0.303 e. The normalized spacial score (nSPS) is 10.8. The molecule has 1 aromatic carbocycles. The number of benzene rings is 1. The maximum absolute atomic E-state index is 11.8. The summed E-state index contributed by atoms with van der Waals surface area (Å²) in [7, 11) is 6.64. The highest BCUT2D eigenvalue weighted by Crippen LogP contribution is 2.21. The minimum atomic E-state index is -0.759. The number of hydrogen-bond acceptors (Lipinski definition) is 3. The Morgan fingerprint density at radius 3 is 2.18 bits per heavy atom. The summed E-state index contributed by atoms with van der Waals surface area (Å²) >= 11 is 5.70. The number of carboxylic acid groups (broad SMARTS) is 1. The van der Waals surface area contributed by atoms with E-state index < -0.39 is 5.97 Å². The monoisotopic (exact) mass is 415 g/mol. The molecular formula is C21H36ClN2O4+. The lowest BCUT2D eigenvalue weighted by atomic mass is 10.1. The molecule has 0 saturated carbocycles. The summed E-state index contributed by atoms with van der Waals surface area (Å²) in [5, 5.41) is 21.2. The maximum Gasteiger partial charge on any atom is 0.303 e. The van der Waals surface area contributed by atoms with E-state index in [-0.39, 0.29) is 23.6 Å². The molecule has 0 fully saturated rings. The van der Waals surface area contributed by atoms with E-state index in [0.717, 1.165) is 30.2 Å². The van der Waals surface area contributed by atoms with E-state index in [4.69, 9.17) is 16.7 Å². The van der Waals surface area contributed by atoms with Crippen LogP contribution in [0.2, 0.25) is 5.02 Å². The van der Waals surface area contributed by atoms with Crippen molar-refractivity contribution in [3.63, 3.8) is 0 Å². The number of aliphatic carboxylic acids is 1. The summed E-state index contributed by atoms with van der Waals surface area (Å²) < 4.78 is 1.09. The second kappa shape index (κ2) is 14.2. The van der Waals surface area contributed by atoms with E-state index in [9.17, 15) is 14.7 Å². The molecule has 0 aliphatic carbocycles. The summed E-state index contributed by atoms with van der Waals surface area (Å²) in [6, 6.07) is 4.37. The number of halogens is 1. The molecule has 1 aromatic rings. The molecule has 3 N–H and O–H groups in total. The number of carbonyl (C=O) groups excluding carboxylic acids is 1. The summed E-state index contributed by atoms with van der Waals surface area (Å²) in [4.78, 5) is 22.1. The number of quaternary nitrogens is 1. The molecule has 0 saturated heterocycles. The third-order valence-electron chi connectivity index (χ3n) is 3.95. The summed E-state index contributed by atoms with van der Waals surface area (Å²) in [6.07, 6.45) is 5.80. The van der Waals surface area contributed by atoms with Crippen LogP contribution < -0.4 is 5.32 Å². The van der Waals surface area contributed by atoms with Gasteiger partial charge in [-0.2, -0.15) is 0 Å². The Bertz CT molecular complexity index is 601. The largest absolute Gasteiger partial charge is 0.507 e. The molecule has 6 nitrogen and oxygen atoms in total. The number of unbranched alkanes of at least 4 members (excludes halogenated alkanes) is 4. The fourth-order valence-electron chi connectivity index (χ4n) is 2.60. The first kappa shape index (κ1) is 26.2. The molecule has 0 aliphatic heterocycles. The number of aromatic hydroxyl groups is 1. The number of phenolic OH excluding ortho intramolecular Hbond substituents is 1. The highest BCUT2D eigenvalue weighted by atomic mass is 35.5. The van der Waals surface area contributed by atoms with Crippen LogP contribution in [0.4, 0.5) is 0 Å². The highest BCUT2D eigenvalue weighted by Gasteiger charge is 2.10. The van der Waals surface area contributed by atoms with Gasteiger partial charge in [0.1, 0.15) is 5.75 Å². The number of rotatable bonds is 11. The number of carbonyl (C=O) groups is 2. The molecule has 0 atom stereocenters. The van der Waals surface area contributed by atoms with Gasteiger partial charge in [-0.3, -0.25) is 9.59 Å². The van der Waals surface area contributed by atoms with Gasteiger partial charge in [0.2, 0.25) is 0 Å². The topological polar surface area (TPSA) is 86.6 Å².